The highest BCUT2D eigenvalue weighted by molar-refractivity contribution is 6.03. The van der Waals surface area contributed by atoms with E-state index in [2.05, 4.69) is 15.5 Å². The first-order valence-corrected chi connectivity index (χ1v) is 8.19. The Labute approximate surface area is 159 Å². The van der Waals surface area contributed by atoms with E-state index < -0.39 is 24.0 Å². The molecule has 2 N–H and O–H groups in total. The molecule has 0 unspecified atom stereocenters. The van der Waals surface area contributed by atoms with Crippen molar-refractivity contribution in [3.05, 3.63) is 58.5 Å². The van der Waals surface area contributed by atoms with Crippen LogP contribution >= 0.6 is 0 Å². The molecule has 2 aromatic carbocycles. The molecule has 1 aromatic heterocycles. The molecule has 0 atom stereocenters. The van der Waals surface area contributed by atoms with Crippen molar-refractivity contribution in [2.24, 2.45) is 0 Å². The lowest BCUT2D eigenvalue weighted by atomic mass is 10.1. The Morgan fingerprint density at radius 2 is 1.68 bits per heavy atom. The quantitative estimate of drug-likeness (QED) is 0.622. The lowest BCUT2D eigenvalue weighted by molar-refractivity contribution is -0.119. The summed E-state index contributed by atoms with van der Waals surface area (Å²) in [6.45, 7) is -0.534. The number of aromatic amines is 1. The van der Waals surface area contributed by atoms with Crippen molar-refractivity contribution >= 4 is 28.3 Å². The molecule has 3 rings (SSSR count). The lowest BCUT2D eigenvalue weighted by Crippen LogP contribution is -2.22. The number of nitrogens with zero attached hydrogens (tertiary/aromatic N) is 1. The summed E-state index contributed by atoms with van der Waals surface area (Å²) in [5.74, 6) is -0.394. The van der Waals surface area contributed by atoms with Crippen LogP contribution in [0.25, 0.3) is 10.8 Å². The molecular weight excluding hydrogens is 366 g/mol. The van der Waals surface area contributed by atoms with E-state index in [0.29, 0.717) is 28.0 Å². The summed E-state index contributed by atoms with van der Waals surface area (Å²) in [6, 6.07) is 11.3. The smallest absolute Gasteiger partial charge is 0.359 e. The molecule has 1 amide bonds. The fourth-order valence-electron chi connectivity index (χ4n) is 2.55. The second-order valence-corrected chi connectivity index (χ2v) is 5.67. The van der Waals surface area contributed by atoms with Crippen molar-refractivity contribution in [3.8, 4) is 11.5 Å². The zero-order valence-electron chi connectivity index (χ0n) is 15.1. The largest absolute Gasteiger partial charge is 0.497 e. The van der Waals surface area contributed by atoms with E-state index >= 15 is 0 Å². The van der Waals surface area contributed by atoms with Crippen molar-refractivity contribution in [1.29, 1.82) is 0 Å². The van der Waals surface area contributed by atoms with Gasteiger partial charge in [0.15, 0.2) is 12.3 Å². The maximum atomic E-state index is 12.3. The molecule has 0 aliphatic rings. The van der Waals surface area contributed by atoms with Crippen molar-refractivity contribution in [1.82, 2.24) is 10.2 Å². The van der Waals surface area contributed by atoms with E-state index in [-0.39, 0.29) is 5.69 Å². The molecule has 0 radical (unpaired) electrons. The Balaban J connectivity index is 1.69. The number of benzene rings is 2. The first-order valence-electron chi connectivity index (χ1n) is 8.19. The monoisotopic (exact) mass is 383 g/mol. The van der Waals surface area contributed by atoms with Gasteiger partial charge in [0.05, 0.1) is 19.6 Å². The van der Waals surface area contributed by atoms with E-state index in [0.717, 1.165) is 0 Å². The van der Waals surface area contributed by atoms with Gasteiger partial charge in [-0.15, -0.1) is 0 Å². The minimum atomic E-state index is -0.828. The SMILES string of the molecule is COc1cc(NC(=O)COC(=O)c2n[nH]c(=O)c3ccccc23)cc(OC)c1. The van der Waals surface area contributed by atoms with Crippen LogP contribution < -0.4 is 20.3 Å². The van der Waals surface area contributed by atoms with Crippen LogP contribution in [0.5, 0.6) is 11.5 Å². The van der Waals surface area contributed by atoms with Gasteiger partial charge in [0.2, 0.25) is 0 Å². The number of methoxy groups -OCH3 is 2. The minimum Gasteiger partial charge on any atom is -0.497 e. The highest BCUT2D eigenvalue weighted by Gasteiger charge is 2.17. The molecule has 0 spiro atoms. The first-order chi connectivity index (χ1) is 13.5. The second-order valence-electron chi connectivity index (χ2n) is 5.67. The summed E-state index contributed by atoms with van der Waals surface area (Å²) in [4.78, 5) is 36.2. The molecular formula is C19H17N3O6. The molecule has 0 bridgehead atoms. The van der Waals surface area contributed by atoms with Crippen LogP contribution in [0.15, 0.2) is 47.3 Å². The highest BCUT2D eigenvalue weighted by Crippen LogP contribution is 2.25. The molecule has 0 saturated heterocycles. The number of hydrogen-bond donors (Lipinski definition) is 2. The Morgan fingerprint density at radius 3 is 2.32 bits per heavy atom. The Hall–Kier alpha value is -3.88. The van der Waals surface area contributed by atoms with Crippen LogP contribution in [0, 0.1) is 0 Å². The summed E-state index contributed by atoms with van der Waals surface area (Å²) in [6.07, 6.45) is 0. The Morgan fingerprint density at radius 1 is 1.04 bits per heavy atom. The normalized spacial score (nSPS) is 10.4. The van der Waals surface area contributed by atoms with Crippen LogP contribution in [0.2, 0.25) is 0 Å². The molecule has 0 aliphatic carbocycles. The Bertz CT molecular complexity index is 1070. The third-order valence-electron chi connectivity index (χ3n) is 3.86. The van der Waals surface area contributed by atoms with E-state index in [4.69, 9.17) is 14.2 Å². The number of H-pyrrole nitrogens is 1. The summed E-state index contributed by atoms with van der Waals surface area (Å²) in [5, 5.41) is 9.21. The number of esters is 1. The number of aromatic nitrogens is 2. The predicted molar refractivity (Wildman–Crippen MR) is 101 cm³/mol. The summed E-state index contributed by atoms with van der Waals surface area (Å²) in [5.41, 5.74) is -0.0761. The van der Waals surface area contributed by atoms with Gasteiger partial charge >= 0.3 is 5.97 Å². The standard InChI is InChI=1S/C19H17N3O6/c1-26-12-7-11(8-13(9-12)27-2)20-16(23)10-28-19(25)17-14-5-3-4-6-15(14)18(24)22-21-17/h3-9H,10H2,1-2H3,(H,20,23)(H,22,24). The van der Waals surface area contributed by atoms with Gasteiger partial charge in [-0.05, 0) is 6.07 Å². The molecule has 0 aliphatic heterocycles. The third kappa shape index (κ3) is 4.09. The highest BCUT2D eigenvalue weighted by atomic mass is 16.5. The average Bonchev–Trinajstić information content (AvgIpc) is 2.72. The maximum absolute atomic E-state index is 12.3. The summed E-state index contributed by atoms with van der Waals surface area (Å²) in [7, 11) is 2.98. The van der Waals surface area contributed by atoms with Gasteiger partial charge < -0.3 is 19.5 Å². The van der Waals surface area contributed by atoms with E-state index in [9.17, 15) is 14.4 Å². The number of ether oxygens (including phenoxy) is 3. The molecule has 9 heteroatoms. The van der Waals surface area contributed by atoms with Crippen molar-refractivity contribution < 1.29 is 23.8 Å². The van der Waals surface area contributed by atoms with E-state index in [1.54, 1.807) is 42.5 Å². The molecule has 0 saturated carbocycles. The maximum Gasteiger partial charge on any atom is 0.359 e. The van der Waals surface area contributed by atoms with Gasteiger partial charge in [-0.2, -0.15) is 5.10 Å². The van der Waals surface area contributed by atoms with Gasteiger partial charge in [-0.25, -0.2) is 9.89 Å². The van der Waals surface area contributed by atoms with Crippen molar-refractivity contribution in [3.63, 3.8) is 0 Å². The predicted octanol–water partition coefficient (Wildman–Crippen LogP) is 1.74. The number of nitrogens with one attached hydrogen (secondary N) is 2. The first kappa shape index (κ1) is 18.9. The zero-order chi connectivity index (χ0) is 20.1. The number of anilines is 1. The molecule has 28 heavy (non-hydrogen) atoms. The van der Waals surface area contributed by atoms with Gasteiger partial charge in [-0.3, -0.25) is 9.59 Å². The van der Waals surface area contributed by atoms with Gasteiger partial charge in [0.25, 0.3) is 11.5 Å². The molecule has 144 valence electrons. The number of rotatable bonds is 6. The summed E-state index contributed by atoms with van der Waals surface area (Å²) < 4.78 is 15.3. The molecule has 0 fully saturated rings. The third-order valence-corrected chi connectivity index (χ3v) is 3.86. The lowest BCUT2D eigenvalue weighted by Gasteiger charge is -2.10. The zero-order valence-corrected chi connectivity index (χ0v) is 15.1. The van der Waals surface area contributed by atoms with Crippen LogP contribution in [0.3, 0.4) is 0 Å². The molecule has 3 aromatic rings. The number of fused-ring (bicyclic) bond motifs is 1. The van der Waals surface area contributed by atoms with Crippen LogP contribution in [0.1, 0.15) is 10.5 Å². The van der Waals surface area contributed by atoms with E-state index in [1.807, 2.05) is 0 Å². The van der Waals surface area contributed by atoms with Gasteiger partial charge in [-0.1, -0.05) is 18.2 Å². The fourth-order valence-corrected chi connectivity index (χ4v) is 2.55. The van der Waals surface area contributed by atoms with Crippen LogP contribution in [-0.2, 0) is 9.53 Å². The van der Waals surface area contributed by atoms with Crippen LogP contribution in [-0.4, -0.2) is 42.9 Å². The number of amides is 1. The van der Waals surface area contributed by atoms with Crippen molar-refractivity contribution in [2.75, 3.05) is 26.1 Å². The van der Waals surface area contributed by atoms with Gasteiger partial charge in [0, 0.05) is 29.3 Å². The van der Waals surface area contributed by atoms with Crippen LogP contribution in [0.4, 0.5) is 5.69 Å². The Kier molecular flexibility index (Phi) is 5.54. The van der Waals surface area contributed by atoms with Gasteiger partial charge in [0.1, 0.15) is 11.5 Å². The molecule has 9 nitrogen and oxygen atoms in total. The number of carbonyl (C=O) groups excluding carboxylic acids is 2. The van der Waals surface area contributed by atoms with E-state index in [1.165, 1.54) is 14.2 Å². The fraction of sp³-hybridized carbons (Fsp3) is 0.158. The second kappa shape index (κ2) is 8.21. The summed E-state index contributed by atoms with van der Waals surface area (Å²) >= 11 is 0. The molecule has 1 heterocycles. The average molecular weight is 383 g/mol. The minimum absolute atomic E-state index is 0.0777. The number of hydrogen-bond acceptors (Lipinski definition) is 7. The topological polar surface area (TPSA) is 120 Å². The van der Waals surface area contributed by atoms with Crippen molar-refractivity contribution in [2.45, 2.75) is 0 Å². The number of carbonyl (C=O) groups is 2.